The summed E-state index contributed by atoms with van der Waals surface area (Å²) in [5.41, 5.74) is 8.95. The largest absolute Gasteiger partial charge is 0.495 e. The highest BCUT2D eigenvalue weighted by molar-refractivity contribution is 7.40. The van der Waals surface area contributed by atoms with Crippen molar-refractivity contribution in [3.8, 4) is 18.4 Å². The fraction of sp³-hybridized carbons (Fsp3) is 0.667. The van der Waals surface area contributed by atoms with Gasteiger partial charge in [0, 0.05) is 26.0 Å². The summed E-state index contributed by atoms with van der Waals surface area (Å²) in [4.78, 5) is 14.6. The summed E-state index contributed by atoms with van der Waals surface area (Å²) < 4.78 is 36.2. The zero-order valence-electron chi connectivity index (χ0n) is 34.1. The molecular weight excluding hydrogens is 731 g/mol. The van der Waals surface area contributed by atoms with Gasteiger partial charge in [-0.15, -0.1) is 0 Å². The van der Waals surface area contributed by atoms with Crippen LogP contribution < -0.4 is 10.5 Å². The number of hydrogen-bond acceptors (Lipinski definition) is 12. The number of unbranched alkanes of at least 4 members (excludes halogenated alkanes) is 15. The van der Waals surface area contributed by atoms with Crippen LogP contribution in [-0.4, -0.2) is 72.3 Å². The van der Waals surface area contributed by atoms with Crippen molar-refractivity contribution in [1.82, 2.24) is 14.6 Å². The Morgan fingerprint density at radius 3 is 2.04 bits per heavy atom. The lowest BCUT2D eigenvalue weighted by atomic mass is 10.0. The Morgan fingerprint density at radius 1 is 0.839 bits per heavy atom. The van der Waals surface area contributed by atoms with Crippen molar-refractivity contribution < 1.29 is 32.9 Å². The van der Waals surface area contributed by atoms with Crippen LogP contribution in [0, 0.1) is 23.2 Å². The Labute approximate surface area is 336 Å². The minimum Gasteiger partial charge on any atom is -0.495 e. The van der Waals surface area contributed by atoms with E-state index in [4.69, 9.17) is 39.0 Å². The smallest absolute Gasteiger partial charge is 0.330 e. The van der Waals surface area contributed by atoms with Gasteiger partial charge in [0.2, 0.25) is 0 Å². The first-order valence-corrected chi connectivity index (χ1v) is 21.5. The number of methoxy groups -OCH3 is 2. The third kappa shape index (κ3) is 20.2. The third-order valence-corrected chi connectivity index (χ3v) is 10.4. The van der Waals surface area contributed by atoms with Crippen LogP contribution >= 0.6 is 8.60 Å². The van der Waals surface area contributed by atoms with E-state index in [1.165, 1.54) is 103 Å². The number of anilines is 1. The summed E-state index contributed by atoms with van der Waals surface area (Å²) in [6.45, 7) is 7.20. The average Bonchev–Trinajstić information content (AvgIpc) is 3.65. The second-order valence-electron chi connectivity index (χ2n) is 14.0. The molecule has 0 amide bonds. The van der Waals surface area contributed by atoms with Crippen molar-refractivity contribution in [1.29, 1.82) is 10.5 Å². The summed E-state index contributed by atoms with van der Waals surface area (Å²) in [7, 11) is 0.975. The second-order valence-corrected chi connectivity index (χ2v) is 14.9. The topological polar surface area (TPSA) is 179 Å². The predicted molar refractivity (Wildman–Crippen MR) is 221 cm³/mol. The van der Waals surface area contributed by atoms with Crippen LogP contribution in [0.2, 0.25) is 0 Å². The number of nitrogens with zero attached hydrogens (tertiary/aromatic N) is 5. The number of benzene rings is 1. The number of aryl methyl sites for hydroxylation is 1. The van der Waals surface area contributed by atoms with Crippen molar-refractivity contribution in [3.05, 3.63) is 53.5 Å². The van der Waals surface area contributed by atoms with E-state index in [1.807, 2.05) is 18.2 Å². The quantitative estimate of drug-likeness (QED) is 0.0441. The molecule has 2 aromatic heterocycles. The predicted octanol–water partition coefficient (Wildman–Crippen LogP) is 9.40. The highest BCUT2D eigenvalue weighted by Gasteiger charge is 2.19. The molecular formula is C42H67N6O7P. The molecule has 3 N–H and O–H groups in total. The molecule has 0 saturated carbocycles. The van der Waals surface area contributed by atoms with E-state index in [2.05, 4.69) is 29.6 Å². The first-order valence-electron chi connectivity index (χ1n) is 20.4. The molecule has 13 nitrogen and oxygen atoms in total. The normalized spacial score (nSPS) is 12.8. The van der Waals surface area contributed by atoms with Crippen LogP contribution in [0.15, 0.2) is 36.7 Å². The van der Waals surface area contributed by atoms with Crippen molar-refractivity contribution >= 4 is 19.9 Å². The molecule has 3 atom stereocenters. The Morgan fingerprint density at radius 2 is 1.45 bits per heavy atom. The van der Waals surface area contributed by atoms with Crippen LogP contribution in [0.1, 0.15) is 133 Å². The van der Waals surface area contributed by atoms with Crippen LogP contribution in [0.5, 0.6) is 5.75 Å². The minimum absolute atomic E-state index is 0.0807. The molecule has 0 spiro atoms. The molecule has 3 rings (SSSR count). The Kier molecular flexibility index (Phi) is 27.6. The fourth-order valence-electron chi connectivity index (χ4n) is 6.36. The zero-order valence-corrected chi connectivity index (χ0v) is 35.0. The maximum absolute atomic E-state index is 10.6. The van der Waals surface area contributed by atoms with Crippen molar-refractivity contribution in [2.45, 2.75) is 141 Å². The molecule has 0 saturated heterocycles. The SMILES string of the molecule is C#N.CCCCCCCCCCCCCCCCCCOCC(COP(O)OCC(CCc1ccc2c(N)ncnn12)OC)OCc1ccc(OC)c(C#N)c1. The van der Waals surface area contributed by atoms with Gasteiger partial charge < -0.3 is 38.6 Å². The van der Waals surface area contributed by atoms with Gasteiger partial charge in [0.1, 0.15) is 29.8 Å². The third-order valence-electron chi connectivity index (χ3n) is 9.67. The van der Waals surface area contributed by atoms with Gasteiger partial charge in [-0.1, -0.05) is 109 Å². The minimum atomic E-state index is -2.18. The standard InChI is InChI=1S/C41H66N5O7P.CHN/c1-4-5-6-7-8-9-10-11-12-13-14-15-16-17-18-19-26-50-30-38(51-29-34-20-25-40(49-3)35(27-34)28-42)32-53-54(47)52-31-37(48-2)23-21-36-22-24-39-41(43)44-33-45-46(36)39;1-2/h20,22,24-25,27,33,37-38,47H,4-19,21,23,26,29-32H2,1-3H3,(H2,43,44,45);1H. The van der Waals surface area contributed by atoms with Gasteiger partial charge in [-0.05, 0) is 49.1 Å². The molecule has 0 aliphatic heterocycles. The van der Waals surface area contributed by atoms with E-state index >= 15 is 0 Å². The van der Waals surface area contributed by atoms with Gasteiger partial charge in [-0.3, -0.25) is 0 Å². The molecule has 3 aromatic rings. The van der Waals surface area contributed by atoms with Crippen molar-refractivity contribution in [2.24, 2.45) is 0 Å². The first-order chi connectivity index (χ1) is 27.5. The molecule has 0 bridgehead atoms. The number of nitriles is 2. The van der Waals surface area contributed by atoms with Crippen LogP contribution in [0.3, 0.4) is 0 Å². The van der Waals surface area contributed by atoms with E-state index in [1.54, 1.807) is 23.8 Å². The van der Waals surface area contributed by atoms with Gasteiger partial charge >= 0.3 is 8.60 Å². The van der Waals surface area contributed by atoms with Gasteiger partial charge in [0.25, 0.3) is 0 Å². The van der Waals surface area contributed by atoms with Gasteiger partial charge in [0.15, 0.2) is 5.82 Å². The number of nitrogen functional groups attached to an aromatic ring is 1. The van der Waals surface area contributed by atoms with Crippen LogP contribution in [0.4, 0.5) is 5.82 Å². The van der Waals surface area contributed by atoms with E-state index in [-0.39, 0.29) is 25.9 Å². The number of rotatable bonds is 33. The lowest BCUT2D eigenvalue weighted by Crippen LogP contribution is -2.26. The Hall–Kier alpha value is -3.39. The molecule has 56 heavy (non-hydrogen) atoms. The van der Waals surface area contributed by atoms with E-state index in [0.29, 0.717) is 43.2 Å². The zero-order chi connectivity index (χ0) is 40.6. The van der Waals surface area contributed by atoms with E-state index in [9.17, 15) is 10.2 Å². The molecule has 2 heterocycles. The first kappa shape index (κ1) is 48.8. The van der Waals surface area contributed by atoms with Crippen molar-refractivity contribution in [3.63, 3.8) is 0 Å². The fourth-order valence-corrected chi connectivity index (χ4v) is 7.03. The molecule has 0 fully saturated rings. The van der Waals surface area contributed by atoms with Gasteiger partial charge in [0.05, 0.1) is 45.2 Å². The van der Waals surface area contributed by atoms with E-state index in [0.717, 1.165) is 29.6 Å². The van der Waals surface area contributed by atoms with Gasteiger partial charge in [-0.2, -0.15) is 10.4 Å². The van der Waals surface area contributed by atoms with Crippen LogP contribution in [0.25, 0.3) is 5.52 Å². The second kappa shape index (κ2) is 31.7. The molecule has 3 unspecified atom stereocenters. The lowest BCUT2D eigenvalue weighted by Gasteiger charge is -2.21. The summed E-state index contributed by atoms with van der Waals surface area (Å²) in [6.07, 6.45) is 23.2. The maximum Gasteiger partial charge on any atom is 0.330 e. The molecule has 0 aliphatic rings. The maximum atomic E-state index is 10.6. The molecule has 312 valence electrons. The Bertz CT molecular complexity index is 1500. The molecule has 14 heteroatoms. The van der Waals surface area contributed by atoms with Crippen LogP contribution in [-0.2, 0) is 36.3 Å². The monoisotopic (exact) mass is 798 g/mol. The summed E-state index contributed by atoms with van der Waals surface area (Å²) in [5.74, 6) is 0.941. The highest BCUT2D eigenvalue weighted by atomic mass is 31.2. The number of aromatic nitrogens is 3. The number of nitrogens with two attached hydrogens (primary N) is 1. The highest BCUT2D eigenvalue weighted by Crippen LogP contribution is 2.34. The number of fused-ring (bicyclic) bond motifs is 1. The summed E-state index contributed by atoms with van der Waals surface area (Å²) >= 11 is 0. The molecule has 1 aromatic carbocycles. The summed E-state index contributed by atoms with van der Waals surface area (Å²) in [5, 5.41) is 20.3. The number of hydrogen-bond donors (Lipinski definition) is 2. The van der Waals surface area contributed by atoms with Gasteiger partial charge in [-0.25, -0.2) is 14.8 Å². The Balaban J connectivity index is 0.00000532. The lowest BCUT2D eigenvalue weighted by molar-refractivity contribution is -0.0488. The van der Waals surface area contributed by atoms with Crippen molar-refractivity contribution in [2.75, 3.05) is 46.4 Å². The molecule has 0 aliphatic carbocycles. The average molecular weight is 799 g/mol. The summed E-state index contributed by atoms with van der Waals surface area (Å²) in [6, 6.07) is 11.4. The number of ether oxygens (including phenoxy) is 4. The molecule has 0 radical (unpaired) electrons. The van der Waals surface area contributed by atoms with E-state index < -0.39 is 14.7 Å².